The third-order valence-corrected chi connectivity index (χ3v) is 2.32. The number of hydrogen-bond acceptors (Lipinski definition) is 1. The molecule has 0 fully saturated rings. The van der Waals surface area contributed by atoms with Gasteiger partial charge < -0.3 is 6.07 Å². The Balaban J connectivity index is 0.000000198. The normalized spacial score (nSPS) is 8.84. The van der Waals surface area contributed by atoms with Crippen molar-refractivity contribution < 1.29 is 31.1 Å². The molecule has 0 bridgehead atoms. The molecule has 2 nitrogen and oxygen atoms in total. The van der Waals surface area contributed by atoms with Crippen molar-refractivity contribution in [1.82, 2.24) is 9.78 Å². The summed E-state index contributed by atoms with van der Waals surface area (Å²) in [6, 6.07) is 22.7. The molecule has 0 unspecified atom stereocenters. The second-order valence-electron chi connectivity index (χ2n) is 3.71. The van der Waals surface area contributed by atoms with E-state index < -0.39 is 0 Å². The molecule has 1 heterocycles. The topological polar surface area (TPSA) is 17.8 Å². The maximum absolute atomic E-state index is 4.05. The quantitative estimate of drug-likeness (QED) is 0.496. The Hall–Kier alpha value is -1.43. The van der Waals surface area contributed by atoms with E-state index in [4.69, 9.17) is 0 Å². The fourth-order valence-electron chi connectivity index (χ4n) is 1.43. The Kier molecular flexibility index (Phi) is 7.10. The zero-order valence-electron chi connectivity index (χ0n) is 10.5. The van der Waals surface area contributed by atoms with Crippen LogP contribution in [0.2, 0.25) is 0 Å². The minimum Gasteiger partial charge on any atom is -0.432 e. The average Bonchev–Trinajstić information content (AvgIpc) is 2.95. The monoisotopic (exact) mass is 472 g/mol. The molecular weight excluding hydrogens is 458 g/mol. The third kappa shape index (κ3) is 5.38. The second-order valence-corrected chi connectivity index (χ2v) is 3.71. The molecule has 0 N–H and O–H groups in total. The molecule has 19 heavy (non-hydrogen) atoms. The Morgan fingerprint density at radius 2 is 1.47 bits per heavy atom. The fraction of sp³-hybridized carbons (Fsp3) is 0. The summed E-state index contributed by atoms with van der Waals surface area (Å²) < 4.78 is 1.78. The van der Waals surface area contributed by atoms with Crippen LogP contribution in [0.4, 0.5) is 0 Å². The molecule has 0 spiro atoms. The Bertz CT molecular complexity index is 548. The van der Waals surface area contributed by atoms with Crippen LogP contribution in [0.15, 0.2) is 73.1 Å². The van der Waals surface area contributed by atoms with Gasteiger partial charge in [-0.1, -0.05) is 24.3 Å². The van der Waals surface area contributed by atoms with E-state index in [0.29, 0.717) is 0 Å². The molecule has 1 aromatic heterocycles. The predicted octanol–water partition coefficient (Wildman–Crippen LogP) is 3.54. The minimum absolute atomic E-state index is 0. The number of nitrogens with zero attached hydrogens (tertiary/aromatic N) is 2. The van der Waals surface area contributed by atoms with Crippen molar-refractivity contribution in [2.45, 2.75) is 0 Å². The molecule has 3 heteroatoms. The van der Waals surface area contributed by atoms with E-state index in [9.17, 15) is 0 Å². The van der Waals surface area contributed by atoms with E-state index >= 15 is 0 Å². The zero-order chi connectivity index (χ0) is 12.6. The van der Waals surface area contributed by atoms with E-state index in [2.05, 4.69) is 18.1 Å². The molecule has 3 aromatic rings. The van der Waals surface area contributed by atoms with Crippen LogP contribution in [-0.2, 0) is 0 Å². The first kappa shape index (κ1) is 15.6. The van der Waals surface area contributed by atoms with Gasteiger partial charge >= 0.3 is 31.1 Å². The van der Waals surface area contributed by atoms with Crippen LogP contribution in [0.3, 0.4) is 0 Å². The first-order chi connectivity index (χ1) is 8.86. The number of rotatable bonds is 1. The van der Waals surface area contributed by atoms with E-state index in [1.807, 2.05) is 60.7 Å². The molecular formula is C16H14N2U. The first-order valence-electron chi connectivity index (χ1n) is 5.69. The summed E-state index contributed by atoms with van der Waals surface area (Å²) >= 11 is 0. The maximum atomic E-state index is 4.05. The molecule has 0 aliphatic carbocycles. The van der Waals surface area contributed by atoms with Gasteiger partial charge in [-0.15, -0.1) is 24.5 Å². The zero-order valence-corrected chi connectivity index (χ0v) is 14.7. The van der Waals surface area contributed by atoms with Crippen LogP contribution in [-0.4, -0.2) is 9.78 Å². The third-order valence-electron chi connectivity index (χ3n) is 2.32. The van der Waals surface area contributed by atoms with Crippen molar-refractivity contribution in [1.29, 1.82) is 0 Å². The number of benzene rings is 2. The second kappa shape index (κ2) is 8.64. The molecule has 0 saturated carbocycles. The van der Waals surface area contributed by atoms with Gasteiger partial charge in [0.15, 0.2) is 0 Å². The van der Waals surface area contributed by atoms with Gasteiger partial charge in [-0.25, -0.2) is 5.10 Å². The van der Waals surface area contributed by atoms with Crippen molar-refractivity contribution in [3.63, 3.8) is 0 Å². The van der Waals surface area contributed by atoms with E-state index in [1.165, 1.54) is 0 Å². The number of para-hydroxylation sites is 1. The molecule has 0 amide bonds. The summed E-state index contributed by atoms with van der Waals surface area (Å²) in [4.78, 5) is 0. The maximum Gasteiger partial charge on any atom is 2.00 e. The predicted molar refractivity (Wildman–Crippen MR) is 73.3 cm³/mol. The van der Waals surface area contributed by atoms with Crippen LogP contribution in [0.1, 0.15) is 5.56 Å². The van der Waals surface area contributed by atoms with E-state index in [1.54, 1.807) is 17.1 Å². The standard InChI is InChI=1S/C9H7N2.C7H7.U/c1-2-5-9(6-3-1)11-8-4-7-10-11;1-7-5-3-2-4-6-7;/h1-3,5-8H;2-6H,1H2;/q2*-1;+2. The van der Waals surface area contributed by atoms with Gasteiger partial charge in [0, 0.05) is 0 Å². The average molecular weight is 472 g/mol. The van der Waals surface area contributed by atoms with Crippen LogP contribution < -0.4 is 0 Å². The smallest absolute Gasteiger partial charge is 0.432 e. The minimum atomic E-state index is 0. The first-order valence-corrected chi connectivity index (χ1v) is 5.69. The van der Waals surface area contributed by atoms with Crippen LogP contribution in [0.25, 0.3) is 5.69 Å². The molecule has 0 atom stereocenters. The van der Waals surface area contributed by atoms with Crippen molar-refractivity contribution >= 4 is 0 Å². The SMILES string of the molecule is [CH2-]c1ccccc1.[U+2].[c-]1cnn(-c2ccccc2)c1. The summed E-state index contributed by atoms with van der Waals surface area (Å²) in [6.45, 7) is 3.72. The van der Waals surface area contributed by atoms with Gasteiger partial charge in [-0.2, -0.15) is 24.6 Å². The number of aromatic nitrogens is 2. The van der Waals surface area contributed by atoms with Crippen LogP contribution >= 0.6 is 0 Å². The van der Waals surface area contributed by atoms with Crippen molar-refractivity contribution in [3.05, 3.63) is 91.6 Å². The molecule has 0 aliphatic heterocycles. The molecule has 92 valence electrons. The molecule has 0 saturated heterocycles. The van der Waals surface area contributed by atoms with Gasteiger partial charge in [0.1, 0.15) is 0 Å². The van der Waals surface area contributed by atoms with Crippen molar-refractivity contribution in [2.75, 3.05) is 0 Å². The van der Waals surface area contributed by atoms with Gasteiger partial charge in [0.2, 0.25) is 0 Å². The number of hydrogen-bond donors (Lipinski definition) is 0. The summed E-state index contributed by atoms with van der Waals surface area (Å²) in [5.41, 5.74) is 2.14. The van der Waals surface area contributed by atoms with Gasteiger partial charge in [0.25, 0.3) is 0 Å². The van der Waals surface area contributed by atoms with Gasteiger partial charge in [-0.05, 0) is 12.1 Å². The Morgan fingerprint density at radius 1 is 0.895 bits per heavy atom. The Morgan fingerprint density at radius 3 is 1.89 bits per heavy atom. The van der Waals surface area contributed by atoms with E-state index in [0.717, 1.165) is 11.3 Å². The molecule has 0 aliphatic rings. The van der Waals surface area contributed by atoms with Crippen LogP contribution in [0.5, 0.6) is 0 Å². The van der Waals surface area contributed by atoms with Crippen molar-refractivity contribution in [2.24, 2.45) is 0 Å². The summed E-state index contributed by atoms with van der Waals surface area (Å²) in [6.07, 6.45) is 3.45. The molecule has 0 radical (unpaired) electrons. The van der Waals surface area contributed by atoms with Gasteiger partial charge in [0.05, 0.1) is 5.69 Å². The van der Waals surface area contributed by atoms with E-state index in [-0.39, 0.29) is 31.1 Å². The molecule has 3 rings (SSSR count). The largest absolute Gasteiger partial charge is 2.00 e. The Labute approximate surface area is 137 Å². The van der Waals surface area contributed by atoms with Crippen LogP contribution in [0, 0.1) is 44.1 Å². The molecule has 2 aromatic carbocycles. The van der Waals surface area contributed by atoms with Gasteiger partial charge in [-0.3, -0.25) is 4.68 Å². The summed E-state index contributed by atoms with van der Waals surface area (Å²) in [7, 11) is 0. The summed E-state index contributed by atoms with van der Waals surface area (Å²) in [5.74, 6) is 0. The fourth-order valence-corrected chi connectivity index (χ4v) is 1.43. The summed E-state index contributed by atoms with van der Waals surface area (Å²) in [5, 5.41) is 4.05. The van der Waals surface area contributed by atoms with Crippen molar-refractivity contribution in [3.8, 4) is 5.69 Å².